The van der Waals surface area contributed by atoms with E-state index in [1.165, 1.54) is 10.4 Å². The largest absolute Gasteiger partial charge is 0.326 e. The van der Waals surface area contributed by atoms with Crippen LogP contribution in [0.5, 0.6) is 0 Å². The molecule has 2 heterocycles. The lowest BCUT2D eigenvalue weighted by molar-refractivity contribution is 0.455. The summed E-state index contributed by atoms with van der Waals surface area (Å²) < 4.78 is 1.16. The Bertz CT molecular complexity index is 634. The van der Waals surface area contributed by atoms with Gasteiger partial charge in [0.2, 0.25) is 5.56 Å². The minimum atomic E-state index is 0.00147. The van der Waals surface area contributed by atoms with E-state index < -0.39 is 0 Å². The molecule has 0 radical (unpaired) electrons. The summed E-state index contributed by atoms with van der Waals surface area (Å²) in [5.41, 5.74) is 2.35. The molecule has 3 nitrogen and oxygen atoms in total. The van der Waals surface area contributed by atoms with Gasteiger partial charge in [-0.25, -0.2) is 0 Å². The SMILES string of the molecule is O=c1ccc2c([nH]1)CCCC2NCc1ccc(Br)s1. The van der Waals surface area contributed by atoms with Crippen LogP contribution in [-0.4, -0.2) is 4.98 Å². The summed E-state index contributed by atoms with van der Waals surface area (Å²) in [5.74, 6) is 0. The normalized spacial score (nSPS) is 18.3. The predicted octanol–water partition coefficient (Wildman–Crippen LogP) is 3.37. The molecule has 0 amide bonds. The van der Waals surface area contributed by atoms with Crippen molar-refractivity contribution in [2.24, 2.45) is 0 Å². The maximum absolute atomic E-state index is 11.4. The molecular formula is C14H15BrN2OS. The first-order valence-electron chi connectivity index (χ1n) is 6.42. The van der Waals surface area contributed by atoms with Crippen molar-refractivity contribution in [2.45, 2.75) is 31.8 Å². The number of aromatic amines is 1. The molecule has 1 aliphatic carbocycles. The molecule has 2 aromatic rings. The van der Waals surface area contributed by atoms with E-state index in [2.05, 4.69) is 38.4 Å². The quantitative estimate of drug-likeness (QED) is 0.901. The Balaban J connectivity index is 1.75. The molecule has 0 saturated carbocycles. The second-order valence-electron chi connectivity index (χ2n) is 4.79. The second kappa shape index (κ2) is 5.61. The van der Waals surface area contributed by atoms with Crippen LogP contribution >= 0.6 is 27.3 Å². The monoisotopic (exact) mass is 338 g/mol. The van der Waals surface area contributed by atoms with Gasteiger partial charge in [0.05, 0.1) is 3.79 Å². The lowest BCUT2D eigenvalue weighted by atomic mass is 9.91. The number of aromatic nitrogens is 1. The van der Waals surface area contributed by atoms with Gasteiger partial charge in [-0.2, -0.15) is 0 Å². The van der Waals surface area contributed by atoms with Gasteiger partial charge in [-0.15, -0.1) is 11.3 Å². The van der Waals surface area contributed by atoms with Crippen molar-refractivity contribution < 1.29 is 0 Å². The molecule has 100 valence electrons. The van der Waals surface area contributed by atoms with Gasteiger partial charge in [-0.05, 0) is 52.9 Å². The van der Waals surface area contributed by atoms with Crippen molar-refractivity contribution in [3.05, 3.63) is 54.5 Å². The van der Waals surface area contributed by atoms with Crippen molar-refractivity contribution in [1.29, 1.82) is 0 Å². The predicted molar refractivity (Wildman–Crippen MR) is 81.6 cm³/mol. The Kier molecular flexibility index (Phi) is 3.86. The van der Waals surface area contributed by atoms with E-state index in [0.29, 0.717) is 6.04 Å². The molecular weight excluding hydrogens is 324 g/mol. The average Bonchev–Trinajstić information content (AvgIpc) is 2.81. The fraction of sp³-hybridized carbons (Fsp3) is 0.357. The van der Waals surface area contributed by atoms with E-state index in [-0.39, 0.29) is 5.56 Å². The first-order chi connectivity index (χ1) is 9.22. The standard InChI is InChI=1S/C14H15BrN2OS/c15-13-6-4-9(19-13)8-16-11-2-1-3-12-10(11)5-7-14(18)17-12/h4-7,11,16H,1-3,8H2,(H,17,18). The molecule has 0 spiro atoms. The summed E-state index contributed by atoms with van der Waals surface area (Å²) in [5, 5.41) is 3.59. The highest BCUT2D eigenvalue weighted by Crippen LogP contribution is 2.28. The van der Waals surface area contributed by atoms with Crippen LogP contribution in [0.15, 0.2) is 32.8 Å². The van der Waals surface area contributed by atoms with Crippen LogP contribution in [0, 0.1) is 0 Å². The molecule has 0 aliphatic heterocycles. The Hall–Kier alpha value is -0.910. The van der Waals surface area contributed by atoms with Crippen molar-refractivity contribution in [3.8, 4) is 0 Å². The fourth-order valence-electron chi connectivity index (χ4n) is 2.58. The number of nitrogens with one attached hydrogen (secondary N) is 2. The number of pyridine rings is 1. The highest BCUT2D eigenvalue weighted by atomic mass is 79.9. The van der Waals surface area contributed by atoms with Crippen LogP contribution in [0.4, 0.5) is 0 Å². The topological polar surface area (TPSA) is 44.9 Å². The zero-order valence-corrected chi connectivity index (χ0v) is 12.8. The number of rotatable bonds is 3. The fourth-order valence-corrected chi connectivity index (χ4v) is 4.02. The zero-order chi connectivity index (χ0) is 13.2. The van der Waals surface area contributed by atoms with Crippen molar-refractivity contribution >= 4 is 27.3 Å². The Labute approximate surface area is 124 Å². The summed E-state index contributed by atoms with van der Waals surface area (Å²) >= 11 is 5.24. The summed E-state index contributed by atoms with van der Waals surface area (Å²) in [6, 6.07) is 8.16. The van der Waals surface area contributed by atoms with Gasteiger partial charge in [0.15, 0.2) is 0 Å². The van der Waals surface area contributed by atoms with Gasteiger partial charge in [-0.3, -0.25) is 4.79 Å². The van der Waals surface area contributed by atoms with Gasteiger partial charge in [0, 0.05) is 29.2 Å². The van der Waals surface area contributed by atoms with Crippen LogP contribution in [0.25, 0.3) is 0 Å². The van der Waals surface area contributed by atoms with Gasteiger partial charge < -0.3 is 10.3 Å². The van der Waals surface area contributed by atoms with E-state index in [4.69, 9.17) is 0 Å². The molecule has 0 fully saturated rings. The lowest BCUT2D eigenvalue weighted by Gasteiger charge is -2.25. The molecule has 2 N–H and O–H groups in total. The van der Waals surface area contributed by atoms with Crippen molar-refractivity contribution in [1.82, 2.24) is 10.3 Å². The van der Waals surface area contributed by atoms with Gasteiger partial charge in [0.1, 0.15) is 0 Å². The number of halogens is 1. The summed E-state index contributed by atoms with van der Waals surface area (Å²) in [4.78, 5) is 15.6. The minimum absolute atomic E-state index is 0.00147. The van der Waals surface area contributed by atoms with E-state index in [1.807, 2.05) is 6.07 Å². The summed E-state index contributed by atoms with van der Waals surface area (Å²) in [6.07, 6.45) is 3.23. The molecule has 1 atom stereocenters. The molecule has 3 rings (SSSR count). The Morgan fingerprint density at radius 2 is 2.26 bits per heavy atom. The summed E-state index contributed by atoms with van der Waals surface area (Å²) in [7, 11) is 0. The van der Waals surface area contributed by atoms with E-state index in [0.717, 1.165) is 35.3 Å². The van der Waals surface area contributed by atoms with E-state index in [9.17, 15) is 4.79 Å². The number of thiophene rings is 1. The van der Waals surface area contributed by atoms with E-state index in [1.54, 1.807) is 17.4 Å². The maximum Gasteiger partial charge on any atom is 0.248 e. The summed E-state index contributed by atoms with van der Waals surface area (Å²) in [6.45, 7) is 0.875. The van der Waals surface area contributed by atoms with Gasteiger partial charge >= 0.3 is 0 Å². The highest BCUT2D eigenvalue weighted by molar-refractivity contribution is 9.11. The number of H-pyrrole nitrogens is 1. The Morgan fingerprint density at radius 3 is 3.05 bits per heavy atom. The number of hydrogen-bond acceptors (Lipinski definition) is 3. The third-order valence-corrected chi connectivity index (χ3v) is 5.11. The first-order valence-corrected chi connectivity index (χ1v) is 8.03. The zero-order valence-electron chi connectivity index (χ0n) is 10.4. The third-order valence-electron chi connectivity index (χ3n) is 3.48. The first kappa shape index (κ1) is 13.1. The van der Waals surface area contributed by atoms with E-state index >= 15 is 0 Å². The van der Waals surface area contributed by atoms with Crippen LogP contribution in [0.3, 0.4) is 0 Å². The van der Waals surface area contributed by atoms with Crippen LogP contribution in [0.1, 0.15) is 35.0 Å². The molecule has 19 heavy (non-hydrogen) atoms. The maximum atomic E-state index is 11.4. The van der Waals surface area contributed by atoms with Crippen molar-refractivity contribution in [3.63, 3.8) is 0 Å². The second-order valence-corrected chi connectivity index (χ2v) is 7.34. The smallest absolute Gasteiger partial charge is 0.248 e. The number of hydrogen-bond donors (Lipinski definition) is 2. The molecule has 2 aromatic heterocycles. The molecule has 1 aliphatic rings. The van der Waals surface area contributed by atoms with Crippen LogP contribution in [-0.2, 0) is 13.0 Å². The highest BCUT2D eigenvalue weighted by Gasteiger charge is 2.20. The number of fused-ring (bicyclic) bond motifs is 1. The van der Waals surface area contributed by atoms with Crippen LogP contribution < -0.4 is 10.9 Å². The molecule has 0 saturated heterocycles. The molecule has 0 aromatic carbocycles. The van der Waals surface area contributed by atoms with Gasteiger partial charge in [-0.1, -0.05) is 6.07 Å². The van der Waals surface area contributed by atoms with Crippen LogP contribution in [0.2, 0.25) is 0 Å². The molecule has 0 bridgehead atoms. The minimum Gasteiger partial charge on any atom is -0.326 e. The third kappa shape index (κ3) is 2.99. The average molecular weight is 339 g/mol. The van der Waals surface area contributed by atoms with Crippen molar-refractivity contribution in [2.75, 3.05) is 0 Å². The Morgan fingerprint density at radius 1 is 1.37 bits per heavy atom. The molecule has 5 heteroatoms. The lowest BCUT2D eigenvalue weighted by Crippen LogP contribution is -2.26. The van der Waals surface area contributed by atoms with Gasteiger partial charge in [0.25, 0.3) is 0 Å². The number of aryl methyl sites for hydroxylation is 1. The molecule has 1 unspecified atom stereocenters.